The maximum absolute atomic E-state index is 11.8. The quantitative estimate of drug-likeness (QED) is 0.413. The Morgan fingerprint density at radius 1 is 1.32 bits per heavy atom. The maximum Gasteiger partial charge on any atom is 0.263 e. The number of hydrogen-bond acceptors (Lipinski definition) is 4. The molecule has 0 atom stereocenters. The lowest BCUT2D eigenvalue weighted by atomic mass is 10.1. The zero-order valence-corrected chi connectivity index (χ0v) is 12.7. The second-order valence-corrected chi connectivity index (χ2v) is 5.35. The molecule has 0 saturated carbocycles. The summed E-state index contributed by atoms with van der Waals surface area (Å²) in [7, 11) is 0. The summed E-state index contributed by atoms with van der Waals surface area (Å²) in [6.45, 7) is 13.5. The summed E-state index contributed by atoms with van der Waals surface area (Å²) in [5.41, 5.74) is -0.233. The third-order valence-corrected chi connectivity index (χ3v) is 2.57. The Bertz CT molecular complexity index is 345. The molecule has 2 N–H and O–H groups in total. The van der Waals surface area contributed by atoms with Gasteiger partial charge in [-0.2, -0.15) is 5.26 Å². The molecule has 0 aliphatic rings. The van der Waals surface area contributed by atoms with E-state index < -0.39 is 0 Å². The number of amides is 1. The minimum atomic E-state index is -0.342. The highest BCUT2D eigenvalue weighted by atomic mass is 16.1. The largest absolute Gasteiger partial charge is 0.388 e. The van der Waals surface area contributed by atoms with E-state index in [9.17, 15) is 4.79 Å². The van der Waals surface area contributed by atoms with Gasteiger partial charge in [0.1, 0.15) is 11.6 Å². The molecule has 0 fully saturated rings. The van der Waals surface area contributed by atoms with E-state index in [4.69, 9.17) is 5.26 Å². The molecule has 0 heterocycles. The molecule has 0 aliphatic carbocycles. The fourth-order valence-electron chi connectivity index (χ4n) is 1.49. The summed E-state index contributed by atoms with van der Waals surface area (Å²) in [5.74, 6) is -0.342. The topological polar surface area (TPSA) is 68.2 Å². The van der Waals surface area contributed by atoms with Crippen molar-refractivity contribution in [3.05, 3.63) is 11.8 Å². The van der Waals surface area contributed by atoms with E-state index in [2.05, 4.69) is 29.4 Å². The van der Waals surface area contributed by atoms with Crippen molar-refractivity contribution in [3.8, 4) is 6.07 Å². The summed E-state index contributed by atoms with van der Waals surface area (Å²) in [5, 5.41) is 14.7. The van der Waals surface area contributed by atoms with Crippen molar-refractivity contribution in [1.82, 2.24) is 15.5 Å². The molecule has 19 heavy (non-hydrogen) atoms. The highest BCUT2D eigenvalue weighted by Crippen LogP contribution is 2.01. The van der Waals surface area contributed by atoms with E-state index >= 15 is 0 Å². The van der Waals surface area contributed by atoms with Crippen molar-refractivity contribution in [1.29, 1.82) is 5.26 Å². The molecule has 0 aromatic heterocycles. The molecule has 108 valence electrons. The number of nitrogens with zero attached hydrogens (tertiary/aromatic N) is 2. The van der Waals surface area contributed by atoms with E-state index in [0.29, 0.717) is 0 Å². The third-order valence-electron chi connectivity index (χ3n) is 2.57. The van der Waals surface area contributed by atoms with Crippen molar-refractivity contribution in [2.24, 2.45) is 0 Å². The van der Waals surface area contributed by atoms with Gasteiger partial charge in [0.15, 0.2) is 0 Å². The van der Waals surface area contributed by atoms with Gasteiger partial charge in [-0.05, 0) is 33.9 Å². The summed E-state index contributed by atoms with van der Waals surface area (Å²) >= 11 is 0. The van der Waals surface area contributed by atoms with Crippen LogP contribution >= 0.6 is 0 Å². The van der Waals surface area contributed by atoms with Crippen LogP contribution in [0.2, 0.25) is 0 Å². The highest BCUT2D eigenvalue weighted by Gasteiger charge is 2.16. The Morgan fingerprint density at radius 2 is 1.89 bits per heavy atom. The molecule has 0 radical (unpaired) electrons. The molecule has 1 amide bonds. The average molecular weight is 266 g/mol. The van der Waals surface area contributed by atoms with E-state index in [-0.39, 0.29) is 17.0 Å². The van der Waals surface area contributed by atoms with Crippen LogP contribution in [0.25, 0.3) is 0 Å². The Hall–Kier alpha value is -1.54. The Kier molecular flexibility index (Phi) is 7.85. The lowest BCUT2D eigenvalue weighted by Gasteiger charge is -2.20. The molecule has 5 heteroatoms. The second-order valence-electron chi connectivity index (χ2n) is 5.35. The third kappa shape index (κ3) is 8.22. The first-order valence-electron chi connectivity index (χ1n) is 6.72. The first-order chi connectivity index (χ1) is 8.84. The summed E-state index contributed by atoms with van der Waals surface area (Å²) < 4.78 is 0. The fourth-order valence-corrected chi connectivity index (χ4v) is 1.49. The normalized spacial score (nSPS) is 12.2. The fraction of sp³-hybridized carbons (Fsp3) is 0.714. The lowest BCUT2D eigenvalue weighted by molar-refractivity contribution is -0.118. The van der Waals surface area contributed by atoms with Crippen LogP contribution in [0.4, 0.5) is 0 Å². The Morgan fingerprint density at radius 3 is 2.32 bits per heavy atom. The molecule has 5 nitrogen and oxygen atoms in total. The van der Waals surface area contributed by atoms with Crippen molar-refractivity contribution in [2.45, 2.75) is 40.2 Å². The van der Waals surface area contributed by atoms with Crippen LogP contribution in [-0.4, -0.2) is 42.5 Å². The van der Waals surface area contributed by atoms with E-state index in [1.165, 1.54) is 6.20 Å². The molecule has 0 aliphatic heterocycles. The number of carbonyl (C=O) groups excluding carboxylic acids is 1. The van der Waals surface area contributed by atoms with Crippen LogP contribution in [0, 0.1) is 11.3 Å². The minimum Gasteiger partial charge on any atom is -0.388 e. The number of carbonyl (C=O) groups is 1. The van der Waals surface area contributed by atoms with Crippen molar-refractivity contribution in [3.63, 3.8) is 0 Å². The van der Waals surface area contributed by atoms with Gasteiger partial charge in [-0.25, -0.2) is 0 Å². The first-order valence-corrected chi connectivity index (χ1v) is 6.72. The summed E-state index contributed by atoms with van der Waals surface area (Å²) in [6, 6.07) is 1.91. The molecule has 0 rings (SSSR count). The SMILES string of the molecule is CCN(CC)CCN/C=C(/C#N)C(=O)NC(C)(C)C. The smallest absolute Gasteiger partial charge is 0.263 e. The van der Waals surface area contributed by atoms with E-state index in [1.807, 2.05) is 26.8 Å². The van der Waals surface area contributed by atoms with Gasteiger partial charge in [0, 0.05) is 24.8 Å². The first kappa shape index (κ1) is 17.5. The minimum absolute atomic E-state index is 0.106. The van der Waals surface area contributed by atoms with Gasteiger partial charge in [-0.15, -0.1) is 0 Å². The Balaban J connectivity index is 4.27. The molecular weight excluding hydrogens is 240 g/mol. The van der Waals surface area contributed by atoms with Gasteiger partial charge >= 0.3 is 0 Å². The number of rotatable bonds is 7. The standard InChI is InChI=1S/C14H26N4O/c1-6-18(7-2)9-8-16-11-12(10-15)13(19)17-14(3,4)5/h11,16H,6-9H2,1-5H3,(H,17,19)/b12-11-. The lowest BCUT2D eigenvalue weighted by Crippen LogP contribution is -2.41. The maximum atomic E-state index is 11.8. The van der Waals surface area contributed by atoms with Gasteiger partial charge in [-0.3, -0.25) is 4.79 Å². The van der Waals surface area contributed by atoms with Gasteiger partial charge in [-0.1, -0.05) is 13.8 Å². The Labute approximate surface area is 116 Å². The molecule has 0 saturated heterocycles. The number of nitriles is 1. The molecule has 0 aromatic rings. The van der Waals surface area contributed by atoms with Gasteiger partial charge in [0.2, 0.25) is 0 Å². The summed E-state index contributed by atoms with van der Waals surface area (Å²) in [4.78, 5) is 14.0. The molecule has 0 unspecified atom stereocenters. The summed E-state index contributed by atoms with van der Waals surface area (Å²) in [6.07, 6.45) is 1.49. The predicted octanol–water partition coefficient (Wildman–Crippen LogP) is 1.24. The molecule has 0 aromatic carbocycles. The number of likely N-dealkylation sites (N-methyl/N-ethyl adjacent to an activating group) is 1. The highest BCUT2D eigenvalue weighted by molar-refractivity contribution is 5.97. The van der Waals surface area contributed by atoms with Crippen molar-refractivity contribution < 1.29 is 4.79 Å². The van der Waals surface area contributed by atoms with Gasteiger partial charge < -0.3 is 15.5 Å². The monoisotopic (exact) mass is 266 g/mol. The zero-order chi connectivity index (χ0) is 14.9. The molecular formula is C14H26N4O. The van der Waals surface area contributed by atoms with Crippen molar-refractivity contribution >= 4 is 5.91 Å². The average Bonchev–Trinajstić information content (AvgIpc) is 2.31. The van der Waals surface area contributed by atoms with Crippen LogP contribution < -0.4 is 10.6 Å². The zero-order valence-electron chi connectivity index (χ0n) is 12.7. The second kappa shape index (κ2) is 8.54. The van der Waals surface area contributed by atoms with Crippen LogP contribution in [-0.2, 0) is 4.79 Å². The predicted molar refractivity (Wildman–Crippen MR) is 77.4 cm³/mol. The van der Waals surface area contributed by atoms with Crippen LogP contribution in [0.5, 0.6) is 0 Å². The van der Waals surface area contributed by atoms with Gasteiger partial charge in [0.05, 0.1) is 0 Å². The molecule has 0 spiro atoms. The van der Waals surface area contributed by atoms with E-state index in [0.717, 1.165) is 26.2 Å². The number of nitrogens with one attached hydrogen (secondary N) is 2. The van der Waals surface area contributed by atoms with Crippen LogP contribution in [0.3, 0.4) is 0 Å². The van der Waals surface area contributed by atoms with Crippen LogP contribution in [0.15, 0.2) is 11.8 Å². The number of hydrogen-bond donors (Lipinski definition) is 2. The van der Waals surface area contributed by atoms with E-state index in [1.54, 1.807) is 0 Å². The van der Waals surface area contributed by atoms with Crippen molar-refractivity contribution in [2.75, 3.05) is 26.2 Å². The van der Waals surface area contributed by atoms with Crippen LogP contribution in [0.1, 0.15) is 34.6 Å². The van der Waals surface area contributed by atoms with Gasteiger partial charge in [0.25, 0.3) is 5.91 Å². The molecule has 0 bridgehead atoms.